The van der Waals surface area contributed by atoms with Crippen molar-refractivity contribution in [2.75, 3.05) is 33.5 Å². The van der Waals surface area contributed by atoms with Crippen LogP contribution in [0.25, 0.3) is 0 Å². The van der Waals surface area contributed by atoms with Gasteiger partial charge >= 0.3 is 0 Å². The highest BCUT2D eigenvalue weighted by Gasteiger charge is 2.27. The number of rotatable bonds is 1. The van der Waals surface area contributed by atoms with E-state index in [1.54, 1.807) is 7.11 Å². The molecule has 2 aromatic carbocycles. The predicted molar refractivity (Wildman–Crippen MR) is 94.9 cm³/mol. The average molecular weight is 344 g/mol. The molecule has 1 heterocycles. The van der Waals surface area contributed by atoms with E-state index in [1.165, 1.54) is 0 Å². The molecule has 0 fully saturated rings. The standard InChI is InChI=1S/C20H24O5/c1-20(21-2)14-24-18-10-5-3-8-16(18)22-12-7-13-23-17-9-4-6-11-19(17)25-15-20/h3-6,8-11H,7,12-15H2,1-2H3. The van der Waals surface area contributed by atoms with Gasteiger partial charge in [0.25, 0.3) is 0 Å². The zero-order chi connectivity index (χ0) is 17.5. The summed E-state index contributed by atoms with van der Waals surface area (Å²) in [6.07, 6.45) is 0.762. The van der Waals surface area contributed by atoms with Crippen LogP contribution in [0.5, 0.6) is 23.0 Å². The van der Waals surface area contributed by atoms with Crippen molar-refractivity contribution in [1.82, 2.24) is 0 Å². The molecule has 0 aromatic heterocycles. The highest BCUT2D eigenvalue weighted by molar-refractivity contribution is 5.40. The molecule has 2 aromatic rings. The summed E-state index contributed by atoms with van der Waals surface area (Å²) in [5, 5.41) is 0. The maximum atomic E-state index is 5.97. The lowest BCUT2D eigenvalue weighted by molar-refractivity contribution is -0.0595. The molecule has 5 heteroatoms. The first kappa shape index (κ1) is 17.4. The van der Waals surface area contributed by atoms with E-state index in [9.17, 15) is 0 Å². The number of para-hydroxylation sites is 4. The molecule has 1 aliphatic heterocycles. The molecule has 134 valence electrons. The fourth-order valence-corrected chi connectivity index (χ4v) is 2.42. The van der Waals surface area contributed by atoms with Crippen LogP contribution in [-0.4, -0.2) is 39.1 Å². The Hall–Kier alpha value is -2.40. The molecule has 0 atom stereocenters. The van der Waals surface area contributed by atoms with Gasteiger partial charge in [0, 0.05) is 13.5 Å². The highest BCUT2D eigenvalue weighted by Crippen LogP contribution is 2.30. The first-order chi connectivity index (χ1) is 12.2. The van der Waals surface area contributed by atoms with Crippen LogP contribution in [-0.2, 0) is 4.74 Å². The molecule has 0 spiro atoms. The fraction of sp³-hybridized carbons (Fsp3) is 0.400. The maximum absolute atomic E-state index is 5.97. The van der Waals surface area contributed by atoms with Gasteiger partial charge < -0.3 is 23.7 Å². The predicted octanol–water partition coefficient (Wildman–Crippen LogP) is 3.71. The van der Waals surface area contributed by atoms with Crippen LogP contribution in [0.4, 0.5) is 0 Å². The lowest BCUT2D eigenvalue weighted by Crippen LogP contribution is -2.41. The molecule has 5 nitrogen and oxygen atoms in total. The van der Waals surface area contributed by atoms with Gasteiger partial charge in [-0.3, -0.25) is 0 Å². The molecule has 0 N–H and O–H groups in total. The van der Waals surface area contributed by atoms with Crippen molar-refractivity contribution in [2.45, 2.75) is 18.9 Å². The van der Waals surface area contributed by atoms with E-state index in [4.69, 9.17) is 23.7 Å². The summed E-state index contributed by atoms with van der Waals surface area (Å²) in [6.45, 7) is 3.72. The minimum Gasteiger partial charge on any atom is -0.490 e. The van der Waals surface area contributed by atoms with Crippen LogP contribution in [0.3, 0.4) is 0 Å². The highest BCUT2D eigenvalue weighted by atomic mass is 16.6. The Balaban J connectivity index is 1.81. The smallest absolute Gasteiger partial charge is 0.161 e. The second-order valence-corrected chi connectivity index (χ2v) is 6.18. The molecule has 0 amide bonds. The van der Waals surface area contributed by atoms with Crippen LogP contribution < -0.4 is 18.9 Å². The number of ether oxygens (including phenoxy) is 5. The van der Waals surface area contributed by atoms with Crippen molar-refractivity contribution in [3.63, 3.8) is 0 Å². The fourth-order valence-electron chi connectivity index (χ4n) is 2.42. The Kier molecular flexibility index (Phi) is 5.66. The van der Waals surface area contributed by atoms with Crippen molar-refractivity contribution in [3.05, 3.63) is 48.5 Å². The van der Waals surface area contributed by atoms with Gasteiger partial charge in [0.05, 0.1) is 13.2 Å². The summed E-state index contributed by atoms with van der Waals surface area (Å²) in [7, 11) is 1.65. The minimum atomic E-state index is -0.607. The van der Waals surface area contributed by atoms with Gasteiger partial charge in [-0.1, -0.05) is 24.3 Å². The van der Waals surface area contributed by atoms with E-state index in [2.05, 4.69) is 0 Å². The minimum absolute atomic E-state index is 0.340. The Labute approximate surface area is 148 Å². The van der Waals surface area contributed by atoms with Gasteiger partial charge in [0.1, 0.15) is 18.8 Å². The van der Waals surface area contributed by atoms with Gasteiger partial charge in [-0.25, -0.2) is 0 Å². The van der Waals surface area contributed by atoms with Crippen molar-refractivity contribution < 1.29 is 23.7 Å². The number of fused-ring (bicyclic) bond motifs is 2. The van der Waals surface area contributed by atoms with E-state index < -0.39 is 5.60 Å². The lowest BCUT2D eigenvalue weighted by atomic mass is 10.1. The Morgan fingerprint density at radius 1 is 0.720 bits per heavy atom. The largest absolute Gasteiger partial charge is 0.490 e. The van der Waals surface area contributed by atoms with Gasteiger partial charge in [-0.15, -0.1) is 0 Å². The molecule has 0 aliphatic carbocycles. The van der Waals surface area contributed by atoms with Crippen LogP contribution in [0.2, 0.25) is 0 Å². The number of hydrogen-bond acceptors (Lipinski definition) is 5. The zero-order valence-electron chi connectivity index (χ0n) is 14.7. The average Bonchev–Trinajstić information content (AvgIpc) is 2.65. The quantitative estimate of drug-likeness (QED) is 0.789. The van der Waals surface area contributed by atoms with Crippen molar-refractivity contribution >= 4 is 0 Å². The van der Waals surface area contributed by atoms with Crippen LogP contribution in [0.15, 0.2) is 48.5 Å². The Bertz CT molecular complexity index is 632. The molecular formula is C20H24O5. The molecule has 3 rings (SSSR count). The third kappa shape index (κ3) is 4.57. The van der Waals surface area contributed by atoms with Gasteiger partial charge in [0.15, 0.2) is 23.0 Å². The Morgan fingerprint density at radius 3 is 1.52 bits per heavy atom. The summed E-state index contributed by atoms with van der Waals surface area (Å²) in [4.78, 5) is 0. The topological polar surface area (TPSA) is 46.2 Å². The summed E-state index contributed by atoms with van der Waals surface area (Å²) in [6, 6.07) is 15.3. The van der Waals surface area contributed by atoms with Crippen LogP contribution in [0.1, 0.15) is 13.3 Å². The molecule has 25 heavy (non-hydrogen) atoms. The molecule has 0 bridgehead atoms. The first-order valence-electron chi connectivity index (χ1n) is 8.45. The summed E-state index contributed by atoms with van der Waals surface area (Å²) in [5.74, 6) is 2.84. The SMILES string of the molecule is COC1(C)COc2ccccc2OCCCOc2ccccc2OC1. The third-order valence-electron chi connectivity index (χ3n) is 4.06. The van der Waals surface area contributed by atoms with E-state index >= 15 is 0 Å². The van der Waals surface area contributed by atoms with E-state index in [0.29, 0.717) is 37.9 Å². The molecule has 0 unspecified atom stereocenters. The summed E-state index contributed by atoms with van der Waals surface area (Å²) < 4.78 is 29.3. The van der Waals surface area contributed by atoms with E-state index in [-0.39, 0.29) is 0 Å². The number of benzene rings is 2. The molecule has 0 saturated carbocycles. The van der Waals surface area contributed by atoms with Crippen LogP contribution in [0, 0.1) is 0 Å². The van der Waals surface area contributed by atoms with Crippen molar-refractivity contribution in [1.29, 1.82) is 0 Å². The van der Waals surface area contributed by atoms with E-state index in [0.717, 1.165) is 17.9 Å². The maximum Gasteiger partial charge on any atom is 0.161 e. The van der Waals surface area contributed by atoms with Crippen molar-refractivity contribution in [2.24, 2.45) is 0 Å². The van der Waals surface area contributed by atoms with Gasteiger partial charge in [-0.05, 0) is 31.2 Å². The van der Waals surface area contributed by atoms with Crippen molar-refractivity contribution in [3.8, 4) is 23.0 Å². The Morgan fingerprint density at radius 2 is 1.12 bits per heavy atom. The van der Waals surface area contributed by atoms with Gasteiger partial charge in [-0.2, -0.15) is 0 Å². The molecule has 1 aliphatic rings. The molecule has 0 radical (unpaired) electrons. The summed E-state index contributed by atoms with van der Waals surface area (Å²) in [5.41, 5.74) is -0.607. The molecule has 0 saturated heterocycles. The lowest BCUT2D eigenvalue weighted by Gasteiger charge is -2.29. The number of methoxy groups -OCH3 is 1. The molecular weight excluding hydrogens is 320 g/mol. The number of hydrogen-bond donors (Lipinski definition) is 0. The van der Waals surface area contributed by atoms with Crippen LogP contribution >= 0.6 is 0 Å². The zero-order valence-corrected chi connectivity index (χ0v) is 14.7. The second kappa shape index (κ2) is 8.12. The second-order valence-electron chi connectivity index (χ2n) is 6.18. The normalized spacial score (nSPS) is 17.4. The first-order valence-corrected chi connectivity index (χ1v) is 8.45. The van der Waals surface area contributed by atoms with Gasteiger partial charge in [0.2, 0.25) is 0 Å². The summed E-state index contributed by atoms with van der Waals surface area (Å²) >= 11 is 0. The van der Waals surface area contributed by atoms with E-state index in [1.807, 2.05) is 55.5 Å². The monoisotopic (exact) mass is 344 g/mol. The third-order valence-corrected chi connectivity index (χ3v) is 4.06.